The number of carbonyl (C=O) groups is 2. The van der Waals surface area contributed by atoms with E-state index in [-0.39, 0.29) is 41.6 Å². The average Bonchev–Trinajstić information content (AvgIpc) is 3.54. The number of hydrogen-bond donors (Lipinski definition) is 1. The molecule has 1 aliphatic heterocycles. The Bertz CT molecular complexity index is 832. The summed E-state index contributed by atoms with van der Waals surface area (Å²) in [7, 11) is -2.24. The van der Waals surface area contributed by atoms with Crippen LogP contribution in [0.1, 0.15) is 38.5 Å². The summed E-state index contributed by atoms with van der Waals surface area (Å²) < 4.78 is 39.1. The summed E-state index contributed by atoms with van der Waals surface area (Å²) in [6.07, 6.45) is 4.14. The first-order valence-corrected chi connectivity index (χ1v) is 11.5. The van der Waals surface area contributed by atoms with Gasteiger partial charge in [0.05, 0.1) is 4.90 Å². The van der Waals surface area contributed by atoms with Crippen molar-refractivity contribution in [1.29, 1.82) is 0 Å². The largest absolute Gasteiger partial charge is 0.353 e. The maximum atomic E-state index is 13.0. The van der Waals surface area contributed by atoms with Crippen molar-refractivity contribution >= 4 is 21.8 Å². The van der Waals surface area contributed by atoms with E-state index in [4.69, 9.17) is 0 Å². The fourth-order valence-corrected chi connectivity index (χ4v) is 4.66. The number of benzene rings is 1. The van der Waals surface area contributed by atoms with Crippen LogP contribution in [-0.2, 0) is 19.6 Å². The highest BCUT2D eigenvalue weighted by molar-refractivity contribution is 7.89. The van der Waals surface area contributed by atoms with E-state index < -0.39 is 15.8 Å². The van der Waals surface area contributed by atoms with E-state index in [0.717, 1.165) is 37.8 Å². The molecule has 1 N–H and O–H groups in total. The molecule has 2 amide bonds. The minimum Gasteiger partial charge on any atom is -0.353 e. The molecule has 1 heterocycles. The second-order valence-corrected chi connectivity index (χ2v) is 9.87. The molecular weight excluding hydrogens is 397 g/mol. The van der Waals surface area contributed by atoms with E-state index in [1.54, 1.807) is 4.90 Å². The first-order valence-electron chi connectivity index (χ1n) is 10.1. The highest BCUT2D eigenvalue weighted by atomic mass is 32.2. The van der Waals surface area contributed by atoms with Gasteiger partial charge < -0.3 is 10.2 Å². The molecule has 1 aromatic carbocycles. The molecule has 0 bridgehead atoms. The SMILES string of the molecule is CN(CCCC(=O)N1CCC(NC(=O)C2CC2)CC1)S(=O)(=O)c1ccc(F)cc1. The molecular formula is C20H28FN3O4S. The van der Waals surface area contributed by atoms with E-state index >= 15 is 0 Å². The predicted octanol–water partition coefficient (Wildman–Crippen LogP) is 1.74. The zero-order chi connectivity index (χ0) is 21.0. The van der Waals surface area contributed by atoms with E-state index in [1.165, 1.54) is 23.5 Å². The van der Waals surface area contributed by atoms with Gasteiger partial charge in [0.15, 0.2) is 0 Å². The topological polar surface area (TPSA) is 86.8 Å². The van der Waals surface area contributed by atoms with Gasteiger partial charge >= 0.3 is 0 Å². The van der Waals surface area contributed by atoms with Crippen molar-refractivity contribution in [2.45, 2.75) is 49.5 Å². The minimum atomic E-state index is -3.70. The minimum absolute atomic E-state index is 0.00421. The van der Waals surface area contributed by atoms with Gasteiger partial charge in [0.2, 0.25) is 21.8 Å². The van der Waals surface area contributed by atoms with Gasteiger partial charge in [0.25, 0.3) is 0 Å². The maximum absolute atomic E-state index is 13.0. The molecule has 7 nitrogen and oxygen atoms in total. The van der Waals surface area contributed by atoms with Crippen LogP contribution < -0.4 is 5.32 Å². The molecule has 160 valence electrons. The van der Waals surface area contributed by atoms with Gasteiger partial charge in [0.1, 0.15) is 5.82 Å². The van der Waals surface area contributed by atoms with Gasteiger partial charge in [-0.1, -0.05) is 0 Å². The molecule has 2 fully saturated rings. The van der Waals surface area contributed by atoms with Crippen LogP contribution in [0.5, 0.6) is 0 Å². The van der Waals surface area contributed by atoms with Gasteiger partial charge in [-0.2, -0.15) is 0 Å². The van der Waals surface area contributed by atoms with Gasteiger partial charge in [-0.05, 0) is 56.4 Å². The number of nitrogens with one attached hydrogen (secondary N) is 1. The summed E-state index contributed by atoms with van der Waals surface area (Å²) in [5, 5.41) is 3.06. The molecule has 1 aliphatic carbocycles. The van der Waals surface area contributed by atoms with Crippen molar-refractivity contribution in [2.75, 3.05) is 26.7 Å². The fourth-order valence-electron chi connectivity index (χ4n) is 3.46. The van der Waals surface area contributed by atoms with Gasteiger partial charge in [-0.15, -0.1) is 0 Å². The number of nitrogens with zero attached hydrogens (tertiary/aromatic N) is 2. The van der Waals surface area contributed by atoms with Crippen LogP contribution in [0, 0.1) is 11.7 Å². The number of sulfonamides is 1. The van der Waals surface area contributed by atoms with Gasteiger partial charge in [-0.3, -0.25) is 9.59 Å². The third-order valence-electron chi connectivity index (χ3n) is 5.53. The van der Waals surface area contributed by atoms with E-state index in [9.17, 15) is 22.4 Å². The lowest BCUT2D eigenvalue weighted by molar-refractivity contribution is -0.132. The average molecular weight is 426 g/mol. The molecule has 1 aromatic rings. The normalized spacial score (nSPS) is 18.1. The highest BCUT2D eigenvalue weighted by Crippen LogP contribution is 2.29. The molecule has 1 saturated carbocycles. The first-order chi connectivity index (χ1) is 13.8. The van der Waals surface area contributed by atoms with Crippen molar-refractivity contribution in [3.8, 4) is 0 Å². The monoisotopic (exact) mass is 425 g/mol. The molecule has 0 unspecified atom stereocenters. The lowest BCUT2D eigenvalue weighted by Gasteiger charge is -2.32. The number of rotatable bonds is 8. The van der Waals surface area contributed by atoms with Crippen LogP contribution in [0.3, 0.4) is 0 Å². The van der Waals surface area contributed by atoms with Gasteiger partial charge in [0, 0.05) is 45.1 Å². The summed E-state index contributed by atoms with van der Waals surface area (Å²) in [6, 6.07) is 4.83. The Morgan fingerprint density at radius 3 is 2.34 bits per heavy atom. The Balaban J connectivity index is 1.39. The third-order valence-corrected chi connectivity index (χ3v) is 7.40. The fraction of sp³-hybridized carbons (Fsp3) is 0.600. The summed E-state index contributed by atoms with van der Waals surface area (Å²) in [6.45, 7) is 1.43. The second-order valence-electron chi connectivity index (χ2n) is 7.82. The Hall–Kier alpha value is -2.00. The number of likely N-dealkylation sites (tertiary alicyclic amines) is 1. The summed E-state index contributed by atoms with van der Waals surface area (Å²) in [5.74, 6) is -0.157. The van der Waals surface area contributed by atoms with Gasteiger partial charge in [-0.25, -0.2) is 17.1 Å². The Kier molecular flexibility index (Phi) is 6.89. The van der Waals surface area contributed by atoms with Crippen LogP contribution in [0.25, 0.3) is 0 Å². The van der Waals surface area contributed by atoms with Crippen LogP contribution in [0.4, 0.5) is 4.39 Å². The maximum Gasteiger partial charge on any atom is 0.242 e. The smallest absolute Gasteiger partial charge is 0.242 e. The quantitative estimate of drug-likeness (QED) is 0.687. The Labute approximate surface area is 171 Å². The number of carbonyl (C=O) groups excluding carboxylic acids is 2. The molecule has 0 radical (unpaired) electrons. The second kappa shape index (κ2) is 9.21. The van der Waals surface area contributed by atoms with Crippen LogP contribution >= 0.6 is 0 Å². The molecule has 2 aliphatic rings. The summed E-state index contributed by atoms with van der Waals surface area (Å²) in [4.78, 5) is 26.1. The lowest BCUT2D eigenvalue weighted by atomic mass is 10.0. The predicted molar refractivity (Wildman–Crippen MR) is 106 cm³/mol. The standard InChI is InChI=1S/C20H28FN3O4S/c1-23(29(27,28)18-8-6-16(21)7-9-18)12-2-3-19(25)24-13-10-17(11-14-24)22-20(26)15-4-5-15/h6-9,15,17H,2-5,10-14H2,1H3,(H,22,26). The number of amides is 2. The van der Waals surface area contributed by atoms with Crippen molar-refractivity contribution in [1.82, 2.24) is 14.5 Å². The Morgan fingerprint density at radius 1 is 1.14 bits per heavy atom. The van der Waals surface area contributed by atoms with Crippen LogP contribution in [0.2, 0.25) is 0 Å². The van der Waals surface area contributed by atoms with Crippen LogP contribution in [0.15, 0.2) is 29.2 Å². The molecule has 1 saturated heterocycles. The number of hydrogen-bond acceptors (Lipinski definition) is 4. The molecule has 29 heavy (non-hydrogen) atoms. The van der Waals surface area contributed by atoms with Crippen molar-refractivity contribution < 1.29 is 22.4 Å². The highest BCUT2D eigenvalue weighted by Gasteiger charge is 2.32. The molecule has 3 rings (SSSR count). The molecule has 0 aromatic heterocycles. The Morgan fingerprint density at radius 2 is 1.76 bits per heavy atom. The number of piperidine rings is 1. The van der Waals surface area contributed by atoms with Crippen molar-refractivity contribution in [2.24, 2.45) is 5.92 Å². The summed E-state index contributed by atoms with van der Waals surface area (Å²) in [5.41, 5.74) is 0. The van der Waals surface area contributed by atoms with E-state index in [1.807, 2.05) is 0 Å². The van der Waals surface area contributed by atoms with Crippen molar-refractivity contribution in [3.63, 3.8) is 0 Å². The zero-order valence-electron chi connectivity index (χ0n) is 16.6. The molecule has 9 heteroatoms. The van der Waals surface area contributed by atoms with E-state index in [0.29, 0.717) is 19.5 Å². The molecule has 0 spiro atoms. The van der Waals surface area contributed by atoms with Crippen LogP contribution in [-0.4, -0.2) is 62.2 Å². The number of halogens is 1. The first kappa shape index (κ1) is 21.7. The van der Waals surface area contributed by atoms with Crippen molar-refractivity contribution in [3.05, 3.63) is 30.1 Å². The third kappa shape index (κ3) is 5.76. The van der Waals surface area contributed by atoms with E-state index in [2.05, 4.69) is 5.32 Å². The zero-order valence-corrected chi connectivity index (χ0v) is 17.5. The lowest BCUT2D eigenvalue weighted by Crippen LogP contribution is -2.47. The molecule has 0 atom stereocenters. The summed E-state index contributed by atoms with van der Waals surface area (Å²) >= 11 is 0.